The van der Waals surface area contributed by atoms with E-state index < -0.39 is 0 Å². The van der Waals surface area contributed by atoms with Crippen LogP contribution in [0.4, 0.5) is 0 Å². The number of likely N-dealkylation sites (tertiary alicyclic amines) is 1. The molecule has 0 aliphatic carbocycles. The zero-order valence-corrected chi connectivity index (χ0v) is 9.65. The Morgan fingerprint density at radius 2 is 2.25 bits per heavy atom. The lowest BCUT2D eigenvalue weighted by molar-refractivity contribution is 0.245. The predicted molar refractivity (Wildman–Crippen MR) is 57.9 cm³/mol. The van der Waals surface area contributed by atoms with Gasteiger partial charge in [-0.1, -0.05) is 22.9 Å². The normalized spacial score (nSPS) is 25.0. The molecule has 0 saturated carbocycles. The molecule has 1 rings (SSSR count). The third kappa shape index (κ3) is 3.06. The van der Waals surface area contributed by atoms with E-state index in [9.17, 15) is 0 Å². The molecule has 0 amide bonds. The molecule has 2 heteroatoms. The molecule has 0 aromatic carbocycles. The van der Waals surface area contributed by atoms with Crippen LogP contribution in [0.3, 0.4) is 0 Å². The van der Waals surface area contributed by atoms with Crippen molar-refractivity contribution in [1.29, 1.82) is 0 Å². The van der Waals surface area contributed by atoms with Crippen molar-refractivity contribution in [2.45, 2.75) is 45.1 Å². The van der Waals surface area contributed by atoms with E-state index in [0.29, 0.717) is 0 Å². The summed E-state index contributed by atoms with van der Waals surface area (Å²) in [4.78, 5) is 2.67. The minimum atomic E-state index is 0.903. The number of rotatable bonds is 5. The molecule has 72 valence electrons. The average molecular weight is 234 g/mol. The average Bonchev–Trinajstić information content (AvgIpc) is 2.52. The van der Waals surface area contributed by atoms with Gasteiger partial charge in [0.15, 0.2) is 0 Å². The number of alkyl halides is 1. The fraction of sp³-hybridized carbons (Fsp3) is 1.00. The lowest BCUT2D eigenvalue weighted by atomic mass is 10.1. The van der Waals surface area contributed by atoms with Gasteiger partial charge in [-0.05, 0) is 45.2 Å². The van der Waals surface area contributed by atoms with Crippen LogP contribution in [0, 0.1) is 0 Å². The van der Waals surface area contributed by atoms with Gasteiger partial charge < -0.3 is 4.90 Å². The Morgan fingerprint density at radius 3 is 2.92 bits per heavy atom. The Bertz CT molecular complexity index is 116. The van der Waals surface area contributed by atoms with Crippen molar-refractivity contribution >= 4 is 15.9 Å². The molecule has 0 bridgehead atoms. The number of hydrogen-bond donors (Lipinski definition) is 0. The van der Waals surface area contributed by atoms with Crippen molar-refractivity contribution < 1.29 is 0 Å². The van der Waals surface area contributed by atoms with Crippen LogP contribution < -0.4 is 0 Å². The molecule has 0 spiro atoms. The lowest BCUT2D eigenvalue weighted by Crippen LogP contribution is -2.29. The number of nitrogens with zero attached hydrogens (tertiary/aromatic N) is 1. The van der Waals surface area contributed by atoms with Gasteiger partial charge in [-0.2, -0.15) is 0 Å². The van der Waals surface area contributed by atoms with Gasteiger partial charge in [0.2, 0.25) is 0 Å². The molecule has 12 heavy (non-hydrogen) atoms. The predicted octanol–water partition coefficient (Wildman–Crippen LogP) is 3.04. The molecule has 1 aliphatic rings. The first kappa shape index (κ1) is 10.5. The van der Waals surface area contributed by atoms with Gasteiger partial charge in [-0.15, -0.1) is 0 Å². The first-order valence-corrected chi connectivity index (χ1v) is 6.30. The Kier molecular flexibility index (Phi) is 5.24. The number of halogens is 1. The smallest absolute Gasteiger partial charge is 0.00931 e. The zero-order valence-electron chi connectivity index (χ0n) is 8.06. The van der Waals surface area contributed by atoms with Crippen LogP contribution in [0.25, 0.3) is 0 Å². The molecule has 1 atom stereocenters. The topological polar surface area (TPSA) is 3.24 Å². The summed E-state index contributed by atoms with van der Waals surface area (Å²) < 4.78 is 0. The van der Waals surface area contributed by atoms with Gasteiger partial charge in [0.1, 0.15) is 0 Å². The molecule has 1 aliphatic heterocycles. The highest BCUT2D eigenvalue weighted by molar-refractivity contribution is 9.09. The summed E-state index contributed by atoms with van der Waals surface area (Å²) in [5, 5.41) is 1.16. The van der Waals surface area contributed by atoms with E-state index in [1.807, 2.05) is 0 Å². The minimum Gasteiger partial charge on any atom is -0.300 e. The van der Waals surface area contributed by atoms with Crippen molar-refractivity contribution in [3.63, 3.8) is 0 Å². The van der Waals surface area contributed by atoms with Crippen LogP contribution in [-0.2, 0) is 0 Å². The molecule has 1 nitrogen and oxygen atoms in total. The van der Waals surface area contributed by atoms with E-state index in [4.69, 9.17) is 0 Å². The van der Waals surface area contributed by atoms with E-state index in [1.54, 1.807) is 0 Å². The quantitative estimate of drug-likeness (QED) is 0.522. The number of hydrogen-bond acceptors (Lipinski definition) is 1. The van der Waals surface area contributed by atoms with Gasteiger partial charge in [-0.3, -0.25) is 0 Å². The first-order chi connectivity index (χ1) is 5.88. The van der Waals surface area contributed by atoms with Gasteiger partial charge >= 0.3 is 0 Å². The van der Waals surface area contributed by atoms with Crippen molar-refractivity contribution in [3.05, 3.63) is 0 Å². The fourth-order valence-electron chi connectivity index (χ4n) is 2.06. The maximum atomic E-state index is 3.47. The molecule has 1 unspecified atom stereocenters. The van der Waals surface area contributed by atoms with Crippen LogP contribution in [0.1, 0.15) is 39.0 Å². The molecular weight excluding hydrogens is 214 g/mol. The second-order valence-electron chi connectivity index (χ2n) is 3.64. The summed E-state index contributed by atoms with van der Waals surface area (Å²) in [7, 11) is 0. The third-order valence-corrected chi connectivity index (χ3v) is 3.36. The summed E-state index contributed by atoms with van der Waals surface area (Å²) in [5.74, 6) is 0. The first-order valence-electron chi connectivity index (χ1n) is 5.18. The van der Waals surface area contributed by atoms with Gasteiger partial charge in [0, 0.05) is 11.4 Å². The van der Waals surface area contributed by atoms with E-state index in [0.717, 1.165) is 11.4 Å². The monoisotopic (exact) mass is 233 g/mol. The van der Waals surface area contributed by atoms with Crippen LogP contribution in [0.15, 0.2) is 0 Å². The summed E-state index contributed by atoms with van der Waals surface area (Å²) in [6, 6.07) is 0.903. The van der Waals surface area contributed by atoms with Crippen molar-refractivity contribution in [1.82, 2.24) is 4.90 Å². The van der Waals surface area contributed by atoms with Crippen molar-refractivity contribution in [2.24, 2.45) is 0 Å². The maximum absolute atomic E-state index is 3.47. The Labute approximate surface area is 84.6 Å². The van der Waals surface area contributed by atoms with Crippen LogP contribution in [-0.4, -0.2) is 29.4 Å². The lowest BCUT2D eigenvalue weighted by Gasteiger charge is -2.22. The van der Waals surface area contributed by atoms with Crippen LogP contribution in [0.5, 0.6) is 0 Å². The van der Waals surface area contributed by atoms with E-state index >= 15 is 0 Å². The van der Waals surface area contributed by atoms with Gasteiger partial charge in [0.05, 0.1) is 0 Å². The molecule has 0 N–H and O–H groups in total. The molecule has 0 aromatic heterocycles. The maximum Gasteiger partial charge on any atom is 0.00931 e. The third-order valence-electron chi connectivity index (χ3n) is 2.80. The van der Waals surface area contributed by atoms with Crippen molar-refractivity contribution in [3.8, 4) is 0 Å². The van der Waals surface area contributed by atoms with Gasteiger partial charge in [-0.25, -0.2) is 0 Å². The fourth-order valence-corrected chi connectivity index (χ4v) is 2.46. The second-order valence-corrected chi connectivity index (χ2v) is 4.43. The van der Waals surface area contributed by atoms with Crippen LogP contribution >= 0.6 is 15.9 Å². The second kappa shape index (κ2) is 5.98. The minimum absolute atomic E-state index is 0.903. The summed E-state index contributed by atoms with van der Waals surface area (Å²) in [6.45, 7) is 4.98. The highest BCUT2D eigenvalue weighted by Crippen LogP contribution is 2.19. The zero-order chi connectivity index (χ0) is 8.81. The SMILES string of the molecule is CCC1CCCN1CCCCBr. The molecular formula is C10H20BrN. The molecule has 1 heterocycles. The molecule has 0 radical (unpaired) electrons. The summed E-state index contributed by atoms with van der Waals surface area (Å²) >= 11 is 3.47. The van der Waals surface area contributed by atoms with Crippen molar-refractivity contribution in [2.75, 3.05) is 18.4 Å². The number of unbranched alkanes of at least 4 members (excludes halogenated alkanes) is 1. The van der Waals surface area contributed by atoms with E-state index in [-0.39, 0.29) is 0 Å². The molecule has 1 saturated heterocycles. The molecule has 1 fully saturated rings. The van der Waals surface area contributed by atoms with Crippen LogP contribution in [0.2, 0.25) is 0 Å². The van der Waals surface area contributed by atoms with Gasteiger partial charge in [0.25, 0.3) is 0 Å². The highest BCUT2D eigenvalue weighted by atomic mass is 79.9. The summed E-state index contributed by atoms with van der Waals surface area (Å²) in [5.41, 5.74) is 0. The Morgan fingerprint density at radius 1 is 1.42 bits per heavy atom. The molecule has 0 aromatic rings. The highest BCUT2D eigenvalue weighted by Gasteiger charge is 2.21. The van der Waals surface area contributed by atoms with E-state index in [1.165, 1.54) is 45.2 Å². The largest absolute Gasteiger partial charge is 0.300 e. The van der Waals surface area contributed by atoms with E-state index in [2.05, 4.69) is 27.8 Å². The standard InChI is InChI=1S/C10H20BrN/c1-2-10-6-5-9-12(10)8-4-3-7-11/h10H,2-9H2,1H3. The Hall–Kier alpha value is 0.440. The summed E-state index contributed by atoms with van der Waals surface area (Å²) in [6.07, 6.45) is 6.89. The Balaban J connectivity index is 2.12.